The van der Waals surface area contributed by atoms with E-state index in [1.807, 2.05) is 81.4 Å². The van der Waals surface area contributed by atoms with E-state index < -0.39 is 6.10 Å². The lowest BCUT2D eigenvalue weighted by atomic mass is 10.1. The van der Waals surface area contributed by atoms with Crippen molar-refractivity contribution in [2.24, 2.45) is 0 Å². The monoisotopic (exact) mass is 440 g/mol. The van der Waals surface area contributed by atoms with Crippen LogP contribution in [0, 0.1) is 13.8 Å². The molecule has 0 saturated carbocycles. The van der Waals surface area contributed by atoms with Gasteiger partial charge in [-0.1, -0.05) is 23.7 Å². The van der Waals surface area contributed by atoms with E-state index in [1.165, 1.54) is 0 Å². The van der Waals surface area contributed by atoms with Crippen molar-refractivity contribution in [1.82, 2.24) is 4.90 Å². The van der Waals surface area contributed by atoms with Gasteiger partial charge in [0.25, 0.3) is 5.91 Å². The molecule has 1 atom stereocenters. The third-order valence-electron chi connectivity index (χ3n) is 5.14. The highest BCUT2D eigenvalue weighted by atomic mass is 35.5. The van der Waals surface area contributed by atoms with E-state index in [1.54, 1.807) is 18.1 Å². The first-order chi connectivity index (χ1) is 14.7. The van der Waals surface area contributed by atoms with Crippen LogP contribution in [0.1, 0.15) is 29.4 Å². The normalized spacial score (nSPS) is 11.8. The summed E-state index contributed by atoms with van der Waals surface area (Å²) >= 11 is 6.26. The van der Waals surface area contributed by atoms with Crippen molar-refractivity contribution in [2.45, 2.75) is 40.0 Å². The number of aryl methyl sites for hydroxylation is 2. The Morgan fingerprint density at radius 2 is 1.71 bits per heavy atom. The summed E-state index contributed by atoms with van der Waals surface area (Å²) in [7, 11) is 4.00. The average Bonchev–Trinajstić information content (AvgIpc) is 3.24. The smallest absolute Gasteiger partial charge is 0.264 e. The maximum Gasteiger partial charge on any atom is 0.264 e. The van der Waals surface area contributed by atoms with Gasteiger partial charge < -0.3 is 19.0 Å². The molecule has 0 radical (unpaired) electrons. The molecule has 0 spiro atoms. The standard InChI is InChI=1S/C25H29ClN2O3/c1-17-13-23(14-18(2)24(17)26)31-19(3)25(29)28(16-22-7-6-12-30-22)15-20-8-10-21(11-9-20)27(4)5/h6-14,19H,15-16H2,1-5H3/t19-/m1/s1. The van der Waals surface area contributed by atoms with Crippen LogP contribution in [0.15, 0.2) is 59.2 Å². The first kappa shape index (κ1) is 22.8. The maximum atomic E-state index is 13.3. The molecule has 31 heavy (non-hydrogen) atoms. The highest BCUT2D eigenvalue weighted by Crippen LogP contribution is 2.27. The summed E-state index contributed by atoms with van der Waals surface area (Å²) in [5.41, 5.74) is 3.99. The summed E-state index contributed by atoms with van der Waals surface area (Å²) in [6.45, 7) is 6.45. The first-order valence-electron chi connectivity index (χ1n) is 10.3. The molecule has 6 heteroatoms. The lowest BCUT2D eigenvalue weighted by Gasteiger charge is -2.26. The van der Waals surface area contributed by atoms with Crippen LogP contribution in [0.4, 0.5) is 5.69 Å². The number of anilines is 1. The molecule has 5 nitrogen and oxygen atoms in total. The average molecular weight is 441 g/mol. The Labute approximate surface area is 189 Å². The van der Waals surface area contributed by atoms with E-state index in [4.69, 9.17) is 20.8 Å². The molecule has 0 N–H and O–H groups in total. The van der Waals surface area contributed by atoms with Crippen LogP contribution >= 0.6 is 11.6 Å². The third kappa shape index (κ3) is 5.82. The van der Waals surface area contributed by atoms with Crippen LogP contribution in [0.25, 0.3) is 0 Å². The number of hydrogen-bond donors (Lipinski definition) is 0. The van der Waals surface area contributed by atoms with E-state index in [0.717, 1.165) is 28.1 Å². The van der Waals surface area contributed by atoms with Crippen molar-refractivity contribution in [3.63, 3.8) is 0 Å². The quantitative estimate of drug-likeness (QED) is 0.456. The summed E-state index contributed by atoms with van der Waals surface area (Å²) in [6, 6.07) is 15.6. The van der Waals surface area contributed by atoms with Crippen molar-refractivity contribution in [1.29, 1.82) is 0 Å². The predicted octanol–water partition coefficient (Wildman–Crippen LogP) is 5.61. The van der Waals surface area contributed by atoms with Crippen molar-refractivity contribution in [3.8, 4) is 5.75 Å². The maximum absolute atomic E-state index is 13.3. The molecule has 0 aliphatic heterocycles. The molecule has 164 valence electrons. The lowest BCUT2D eigenvalue weighted by molar-refractivity contribution is -0.139. The highest BCUT2D eigenvalue weighted by molar-refractivity contribution is 6.32. The summed E-state index contributed by atoms with van der Waals surface area (Å²) in [5.74, 6) is 1.25. The van der Waals surface area contributed by atoms with E-state index in [0.29, 0.717) is 23.9 Å². The van der Waals surface area contributed by atoms with Crippen LogP contribution in [0.2, 0.25) is 5.02 Å². The van der Waals surface area contributed by atoms with Gasteiger partial charge in [-0.3, -0.25) is 4.79 Å². The molecule has 1 aromatic heterocycles. The van der Waals surface area contributed by atoms with Crippen LogP contribution < -0.4 is 9.64 Å². The van der Waals surface area contributed by atoms with Gasteiger partial charge in [-0.2, -0.15) is 0 Å². The summed E-state index contributed by atoms with van der Waals surface area (Å²) in [6.07, 6.45) is 0.958. The minimum absolute atomic E-state index is 0.113. The van der Waals surface area contributed by atoms with Gasteiger partial charge in [-0.05, 0) is 73.9 Å². The molecule has 0 fully saturated rings. The molecular formula is C25H29ClN2O3. The minimum atomic E-state index is -0.656. The van der Waals surface area contributed by atoms with E-state index in [-0.39, 0.29) is 5.91 Å². The SMILES string of the molecule is Cc1cc(O[C@H](C)C(=O)N(Cc2ccc(N(C)C)cc2)Cc2ccco2)cc(C)c1Cl. The second kappa shape index (κ2) is 9.92. The predicted molar refractivity (Wildman–Crippen MR) is 125 cm³/mol. The summed E-state index contributed by atoms with van der Waals surface area (Å²) in [5, 5.41) is 0.715. The zero-order valence-corrected chi connectivity index (χ0v) is 19.4. The number of halogens is 1. The van der Waals surface area contributed by atoms with Gasteiger partial charge in [0.05, 0.1) is 12.8 Å². The fraction of sp³-hybridized carbons (Fsp3) is 0.320. The fourth-order valence-electron chi connectivity index (χ4n) is 3.41. The number of furan rings is 1. The fourth-order valence-corrected chi connectivity index (χ4v) is 3.52. The van der Waals surface area contributed by atoms with Crippen molar-refractivity contribution < 1.29 is 13.9 Å². The van der Waals surface area contributed by atoms with Crippen LogP contribution in [0.5, 0.6) is 5.75 Å². The largest absolute Gasteiger partial charge is 0.481 e. The van der Waals surface area contributed by atoms with Gasteiger partial charge in [0.2, 0.25) is 0 Å². The molecular weight excluding hydrogens is 412 g/mol. The van der Waals surface area contributed by atoms with Crippen LogP contribution in [-0.4, -0.2) is 31.0 Å². The Hall–Kier alpha value is -2.92. The molecule has 1 heterocycles. The van der Waals surface area contributed by atoms with Crippen molar-refractivity contribution >= 4 is 23.2 Å². The van der Waals surface area contributed by atoms with Gasteiger partial charge in [-0.15, -0.1) is 0 Å². The van der Waals surface area contributed by atoms with Crippen molar-refractivity contribution in [2.75, 3.05) is 19.0 Å². The topological polar surface area (TPSA) is 45.9 Å². The highest BCUT2D eigenvalue weighted by Gasteiger charge is 2.24. The molecule has 2 aromatic carbocycles. The zero-order valence-electron chi connectivity index (χ0n) is 18.7. The Morgan fingerprint density at radius 1 is 1.06 bits per heavy atom. The number of nitrogens with zero attached hydrogens (tertiary/aromatic N) is 2. The lowest BCUT2D eigenvalue weighted by Crippen LogP contribution is -2.39. The molecule has 0 bridgehead atoms. The number of ether oxygens (including phenoxy) is 1. The Morgan fingerprint density at radius 3 is 2.26 bits per heavy atom. The summed E-state index contributed by atoms with van der Waals surface area (Å²) in [4.78, 5) is 17.1. The number of hydrogen-bond acceptors (Lipinski definition) is 4. The van der Waals surface area contributed by atoms with Gasteiger partial charge in [0, 0.05) is 31.4 Å². The number of carbonyl (C=O) groups is 1. The second-order valence-corrected chi connectivity index (χ2v) is 8.34. The zero-order chi connectivity index (χ0) is 22.5. The van der Waals surface area contributed by atoms with Gasteiger partial charge in [0.15, 0.2) is 6.10 Å². The second-order valence-electron chi connectivity index (χ2n) is 7.97. The minimum Gasteiger partial charge on any atom is -0.481 e. The number of benzene rings is 2. The summed E-state index contributed by atoms with van der Waals surface area (Å²) < 4.78 is 11.5. The molecule has 1 amide bonds. The Bertz CT molecular complexity index is 991. The Balaban J connectivity index is 1.78. The van der Waals surface area contributed by atoms with Crippen LogP contribution in [0.3, 0.4) is 0 Å². The van der Waals surface area contributed by atoms with Gasteiger partial charge in [0.1, 0.15) is 11.5 Å². The number of amides is 1. The van der Waals surface area contributed by atoms with Gasteiger partial charge >= 0.3 is 0 Å². The number of carbonyl (C=O) groups excluding carboxylic acids is 1. The molecule has 0 saturated heterocycles. The van der Waals surface area contributed by atoms with E-state index in [9.17, 15) is 4.79 Å². The number of rotatable bonds is 8. The van der Waals surface area contributed by atoms with E-state index >= 15 is 0 Å². The molecule has 0 unspecified atom stereocenters. The Kier molecular flexibility index (Phi) is 7.29. The third-order valence-corrected chi connectivity index (χ3v) is 5.73. The molecule has 3 aromatic rings. The first-order valence-corrected chi connectivity index (χ1v) is 10.6. The molecule has 0 aliphatic carbocycles. The van der Waals surface area contributed by atoms with Crippen molar-refractivity contribution in [3.05, 3.63) is 82.3 Å². The molecule has 0 aliphatic rings. The van der Waals surface area contributed by atoms with E-state index in [2.05, 4.69) is 0 Å². The van der Waals surface area contributed by atoms with Crippen LogP contribution in [-0.2, 0) is 17.9 Å². The molecule has 3 rings (SSSR count). The van der Waals surface area contributed by atoms with Gasteiger partial charge in [-0.25, -0.2) is 0 Å².